The minimum Gasteiger partial charge on any atom is -0.748 e. The Balaban J connectivity index is 0.00000216. The maximum atomic E-state index is 11.1. The summed E-state index contributed by atoms with van der Waals surface area (Å²) in [5.74, 6) is 3.16. The van der Waals surface area contributed by atoms with E-state index < -0.39 is 26.6 Å². The van der Waals surface area contributed by atoms with Gasteiger partial charge in [0.25, 0.3) is 0 Å². The van der Waals surface area contributed by atoms with Crippen LogP contribution in [-0.4, -0.2) is 37.8 Å². The average Bonchev–Trinajstić information content (AvgIpc) is 3.03. The van der Waals surface area contributed by atoms with E-state index in [0.29, 0.717) is 54.8 Å². The molecule has 4 aliphatic rings. The van der Waals surface area contributed by atoms with Gasteiger partial charge in [-0.3, -0.25) is 4.18 Å². The standard InChI is InChI=1S/C24H42O7S2.2Na/c1-16(5-4-14-32(25,26)27)20-8-9-21-19-7-6-17-15-18(31-33(28,29)30)10-12-23(17,2)22(19)11-13-24(20,21)3;;/h16-22H,4-15H2,1-3H3,(H,25,26,27)(H,28,29,30);;/q;2*+1/p-2/t16-,17-,18-,19+,20-,21+,22+,23+,24-;;/m1../s1. The zero-order chi connectivity index (χ0) is 24.2. The first kappa shape index (κ1) is 33.0. The quantitative estimate of drug-likeness (QED) is 0.214. The monoisotopic (exact) mass is 550 g/mol. The van der Waals surface area contributed by atoms with Gasteiger partial charge in [0.05, 0.1) is 16.2 Å². The predicted octanol–water partition coefficient (Wildman–Crippen LogP) is -1.54. The summed E-state index contributed by atoms with van der Waals surface area (Å²) in [5.41, 5.74) is 0.458. The van der Waals surface area contributed by atoms with Gasteiger partial charge in [0, 0.05) is 5.75 Å². The van der Waals surface area contributed by atoms with Crippen molar-refractivity contribution in [3.05, 3.63) is 0 Å². The van der Waals surface area contributed by atoms with Crippen LogP contribution in [-0.2, 0) is 24.7 Å². The van der Waals surface area contributed by atoms with Crippen LogP contribution < -0.4 is 59.1 Å². The maximum Gasteiger partial charge on any atom is 1.00 e. The number of hydrogen-bond donors (Lipinski definition) is 0. The van der Waals surface area contributed by atoms with Gasteiger partial charge in [-0.2, -0.15) is 0 Å². The van der Waals surface area contributed by atoms with Gasteiger partial charge in [-0.25, -0.2) is 16.8 Å². The molecule has 0 aromatic heterocycles. The smallest absolute Gasteiger partial charge is 0.748 e. The van der Waals surface area contributed by atoms with Gasteiger partial charge < -0.3 is 9.11 Å². The SMILES string of the molecule is C[C@H](CCCS(=O)(=O)[O-])[C@H]1CC[C@H]2[C@@H]3CC[C@@H]4C[C@H](OS(=O)(=O)[O-])CC[C@]4(C)[C@H]3CC[C@]12C.[Na+].[Na+]. The third-order valence-electron chi connectivity index (χ3n) is 10.7. The van der Waals surface area contributed by atoms with Gasteiger partial charge in [-0.05, 0) is 117 Å². The number of fused-ring (bicyclic) bond motifs is 5. The molecule has 0 amide bonds. The summed E-state index contributed by atoms with van der Waals surface area (Å²) in [6, 6.07) is 0. The molecule has 0 N–H and O–H groups in total. The van der Waals surface area contributed by atoms with E-state index in [4.69, 9.17) is 4.18 Å². The van der Waals surface area contributed by atoms with Crippen molar-refractivity contribution < 1.29 is 89.2 Å². The van der Waals surface area contributed by atoms with E-state index in [-0.39, 0.29) is 75.7 Å². The second-order valence-electron chi connectivity index (χ2n) is 12.2. The molecule has 7 nitrogen and oxygen atoms in total. The van der Waals surface area contributed by atoms with Gasteiger partial charge >= 0.3 is 59.1 Å². The molecular formula is C24H40Na2O7S2. The maximum absolute atomic E-state index is 11.1. The molecule has 4 aliphatic carbocycles. The van der Waals surface area contributed by atoms with Crippen LogP contribution in [0.25, 0.3) is 0 Å². The summed E-state index contributed by atoms with van der Waals surface area (Å²) in [4.78, 5) is 0. The molecule has 0 bridgehead atoms. The van der Waals surface area contributed by atoms with Crippen LogP contribution >= 0.6 is 0 Å². The Kier molecular flexibility index (Phi) is 11.4. The molecule has 0 heterocycles. The second-order valence-corrected chi connectivity index (χ2v) is 14.7. The summed E-state index contributed by atoms with van der Waals surface area (Å²) in [7, 11) is -8.79. The Morgan fingerprint density at radius 2 is 1.51 bits per heavy atom. The van der Waals surface area contributed by atoms with Crippen molar-refractivity contribution in [2.24, 2.45) is 46.3 Å². The molecule has 35 heavy (non-hydrogen) atoms. The van der Waals surface area contributed by atoms with E-state index >= 15 is 0 Å². The molecule has 0 aromatic rings. The molecule has 0 aromatic carbocycles. The molecule has 11 heteroatoms. The molecule has 4 fully saturated rings. The summed E-state index contributed by atoms with van der Waals surface area (Å²) < 4.78 is 71.2. The Morgan fingerprint density at radius 3 is 2.14 bits per heavy atom. The Bertz CT molecular complexity index is 944. The third kappa shape index (κ3) is 7.11. The molecule has 192 valence electrons. The molecule has 0 saturated heterocycles. The molecule has 0 spiro atoms. The Labute approximate surface area is 257 Å². The van der Waals surface area contributed by atoms with Crippen LogP contribution in [0.5, 0.6) is 0 Å². The first-order valence-corrected chi connectivity index (χ1v) is 15.7. The zero-order valence-electron chi connectivity index (χ0n) is 22.2. The van der Waals surface area contributed by atoms with Crippen molar-refractivity contribution in [1.82, 2.24) is 0 Å². The van der Waals surface area contributed by atoms with E-state index in [1.165, 1.54) is 25.7 Å². The molecule has 9 atom stereocenters. The van der Waals surface area contributed by atoms with E-state index in [9.17, 15) is 25.9 Å². The van der Waals surface area contributed by atoms with Gasteiger partial charge in [-0.1, -0.05) is 20.8 Å². The fraction of sp³-hybridized carbons (Fsp3) is 1.00. The zero-order valence-corrected chi connectivity index (χ0v) is 27.8. The van der Waals surface area contributed by atoms with Crippen molar-refractivity contribution in [1.29, 1.82) is 0 Å². The largest absolute Gasteiger partial charge is 1.00 e. The van der Waals surface area contributed by atoms with Crippen molar-refractivity contribution in [2.75, 3.05) is 5.75 Å². The van der Waals surface area contributed by atoms with E-state index in [0.717, 1.165) is 25.7 Å². The Morgan fingerprint density at radius 1 is 0.886 bits per heavy atom. The van der Waals surface area contributed by atoms with Crippen LogP contribution in [0.4, 0.5) is 0 Å². The predicted molar refractivity (Wildman–Crippen MR) is 123 cm³/mol. The van der Waals surface area contributed by atoms with Crippen LogP contribution in [0, 0.1) is 46.3 Å². The summed E-state index contributed by atoms with van der Waals surface area (Å²) >= 11 is 0. The molecule has 4 rings (SSSR count). The normalized spacial score (nSPS) is 42.0. The number of hydrogen-bond acceptors (Lipinski definition) is 7. The number of rotatable bonds is 7. The van der Waals surface area contributed by atoms with Crippen molar-refractivity contribution in [3.63, 3.8) is 0 Å². The summed E-state index contributed by atoms with van der Waals surface area (Å²) in [5, 5.41) is 0. The van der Waals surface area contributed by atoms with Gasteiger partial charge in [0.2, 0.25) is 10.4 Å². The molecule has 0 unspecified atom stereocenters. The molecule has 0 radical (unpaired) electrons. The van der Waals surface area contributed by atoms with Gasteiger partial charge in [0.15, 0.2) is 0 Å². The van der Waals surface area contributed by atoms with Crippen LogP contribution in [0.2, 0.25) is 0 Å². The minimum atomic E-state index is -4.65. The third-order valence-corrected chi connectivity index (χ3v) is 12.0. The van der Waals surface area contributed by atoms with Crippen molar-refractivity contribution in [3.8, 4) is 0 Å². The average molecular weight is 551 g/mol. The molecule has 4 saturated carbocycles. The fourth-order valence-corrected chi connectivity index (χ4v) is 10.3. The molecular weight excluding hydrogens is 510 g/mol. The minimum absolute atomic E-state index is 0. The van der Waals surface area contributed by atoms with Crippen LogP contribution in [0.1, 0.15) is 91.4 Å². The van der Waals surface area contributed by atoms with Gasteiger partial charge in [-0.15, -0.1) is 0 Å². The van der Waals surface area contributed by atoms with E-state index in [1.54, 1.807) is 0 Å². The van der Waals surface area contributed by atoms with E-state index in [2.05, 4.69) is 20.8 Å². The van der Waals surface area contributed by atoms with Gasteiger partial charge in [0.1, 0.15) is 0 Å². The van der Waals surface area contributed by atoms with E-state index in [1.807, 2.05) is 0 Å². The first-order valence-electron chi connectivity index (χ1n) is 12.8. The first-order chi connectivity index (χ1) is 15.2. The fourth-order valence-electron chi connectivity index (χ4n) is 9.23. The van der Waals surface area contributed by atoms with Crippen LogP contribution in [0.15, 0.2) is 0 Å². The Hall–Kier alpha value is 1.78. The van der Waals surface area contributed by atoms with Crippen molar-refractivity contribution >= 4 is 20.5 Å². The second kappa shape index (κ2) is 12.1. The summed E-state index contributed by atoms with van der Waals surface area (Å²) in [6.07, 6.45) is 10.1. The molecule has 0 aliphatic heterocycles. The topological polar surface area (TPSA) is 124 Å². The van der Waals surface area contributed by atoms with Crippen LogP contribution in [0.3, 0.4) is 0 Å². The van der Waals surface area contributed by atoms with Crippen molar-refractivity contribution in [2.45, 2.75) is 97.5 Å². The summed E-state index contributed by atoms with van der Waals surface area (Å²) in [6.45, 7) is 7.10.